The smallest absolute Gasteiger partial charge is 0.261 e. The molecule has 0 spiro atoms. The number of rotatable bonds is 9. The molecule has 0 aromatic heterocycles. The van der Waals surface area contributed by atoms with Gasteiger partial charge in [0.25, 0.3) is 5.91 Å². The average molecular weight is 465 g/mol. The second-order valence-electron chi connectivity index (χ2n) is 7.80. The molecule has 1 atom stereocenters. The van der Waals surface area contributed by atoms with Crippen LogP contribution >= 0.6 is 23.2 Å². The van der Waals surface area contributed by atoms with Gasteiger partial charge in [-0.25, -0.2) is 0 Å². The maximum atomic E-state index is 13.3. The van der Waals surface area contributed by atoms with E-state index in [-0.39, 0.29) is 31.0 Å². The van der Waals surface area contributed by atoms with Gasteiger partial charge in [-0.2, -0.15) is 0 Å². The lowest BCUT2D eigenvalue weighted by Gasteiger charge is -2.31. The predicted octanol–water partition coefficient (Wildman–Crippen LogP) is 5.32. The Labute approximate surface area is 194 Å². The van der Waals surface area contributed by atoms with Crippen molar-refractivity contribution >= 4 is 35.0 Å². The van der Waals surface area contributed by atoms with Gasteiger partial charge in [0.15, 0.2) is 6.61 Å². The third kappa shape index (κ3) is 6.62. The van der Waals surface area contributed by atoms with Crippen molar-refractivity contribution < 1.29 is 14.3 Å². The number of benzene rings is 2. The van der Waals surface area contributed by atoms with E-state index in [1.165, 1.54) is 4.90 Å². The van der Waals surface area contributed by atoms with Gasteiger partial charge in [0, 0.05) is 28.2 Å². The zero-order chi connectivity index (χ0) is 23.1. The first kappa shape index (κ1) is 25.0. The van der Waals surface area contributed by atoms with Crippen LogP contribution in [0.2, 0.25) is 10.0 Å². The van der Waals surface area contributed by atoms with Gasteiger partial charge >= 0.3 is 0 Å². The number of hydrogen-bond donors (Lipinski definition) is 1. The molecule has 2 amide bonds. The first-order valence-corrected chi connectivity index (χ1v) is 11.1. The third-order valence-corrected chi connectivity index (χ3v) is 5.82. The van der Waals surface area contributed by atoms with Crippen LogP contribution < -0.4 is 10.1 Å². The minimum Gasteiger partial charge on any atom is -0.483 e. The fraction of sp³-hybridized carbons (Fsp3) is 0.417. The molecule has 0 saturated carbocycles. The van der Waals surface area contributed by atoms with E-state index in [1.807, 2.05) is 52.8 Å². The van der Waals surface area contributed by atoms with E-state index in [0.717, 1.165) is 11.1 Å². The number of amides is 2. The SMILES string of the molecule is CCC(C(=O)NC(C)C)N(Cc1c(Cl)cccc1Cl)C(=O)COc1cccc(C)c1C. The minimum atomic E-state index is -0.676. The van der Waals surface area contributed by atoms with E-state index in [1.54, 1.807) is 18.2 Å². The molecule has 0 radical (unpaired) electrons. The zero-order valence-electron chi connectivity index (χ0n) is 18.7. The molecule has 0 aliphatic carbocycles. The zero-order valence-corrected chi connectivity index (χ0v) is 20.2. The van der Waals surface area contributed by atoms with Crippen LogP contribution in [0.15, 0.2) is 36.4 Å². The molecule has 168 valence electrons. The quantitative estimate of drug-likeness (QED) is 0.545. The fourth-order valence-electron chi connectivity index (χ4n) is 3.26. The molecule has 1 unspecified atom stereocenters. The summed E-state index contributed by atoms with van der Waals surface area (Å²) in [6.45, 7) is 9.47. The van der Waals surface area contributed by atoms with Gasteiger partial charge in [-0.1, -0.05) is 48.3 Å². The normalized spacial score (nSPS) is 11.9. The minimum absolute atomic E-state index is 0.0476. The standard InChI is InChI=1S/C24H30Cl2N2O3/c1-6-21(24(30)27-15(2)3)28(13-18-19(25)10-8-11-20(18)26)23(29)14-31-22-12-7-9-16(4)17(22)5/h7-12,15,21H,6,13-14H2,1-5H3,(H,27,30). The summed E-state index contributed by atoms with van der Waals surface area (Å²) in [6, 6.07) is 10.1. The van der Waals surface area contributed by atoms with Crippen molar-refractivity contribution in [3.63, 3.8) is 0 Å². The van der Waals surface area contributed by atoms with Gasteiger partial charge in [0.1, 0.15) is 11.8 Å². The monoisotopic (exact) mass is 464 g/mol. The lowest BCUT2D eigenvalue weighted by atomic mass is 10.1. The molecule has 0 fully saturated rings. The molecule has 7 heteroatoms. The molecule has 2 rings (SSSR count). The number of carbonyl (C=O) groups is 2. The molecule has 2 aromatic carbocycles. The van der Waals surface area contributed by atoms with Crippen molar-refractivity contribution in [2.24, 2.45) is 0 Å². The predicted molar refractivity (Wildman–Crippen MR) is 126 cm³/mol. The summed E-state index contributed by atoms with van der Waals surface area (Å²) in [4.78, 5) is 27.6. The molecule has 5 nitrogen and oxygen atoms in total. The highest BCUT2D eigenvalue weighted by atomic mass is 35.5. The van der Waals surface area contributed by atoms with Gasteiger partial charge in [0.05, 0.1) is 0 Å². The summed E-state index contributed by atoms with van der Waals surface area (Å²) < 4.78 is 5.83. The highest BCUT2D eigenvalue weighted by Gasteiger charge is 2.30. The Morgan fingerprint density at radius 3 is 2.26 bits per heavy atom. The second kappa shape index (κ2) is 11.4. The van der Waals surface area contributed by atoms with Gasteiger partial charge < -0.3 is 15.0 Å². The van der Waals surface area contributed by atoms with Crippen molar-refractivity contribution in [3.05, 3.63) is 63.1 Å². The molecule has 0 aliphatic heterocycles. The van der Waals surface area contributed by atoms with E-state index < -0.39 is 6.04 Å². The van der Waals surface area contributed by atoms with Crippen LogP contribution in [0.3, 0.4) is 0 Å². The van der Waals surface area contributed by atoms with Crippen molar-refractivity contribution in [1.82, 2.24) is 10.2 Å². The van der Waals surface area contributed by atoms with E-state index in [0.29, 0.717) is 27.8 Å². The molecule has 0 aliphatic rings. The molecule has 0 heterocycles. The summed E-state index contributed by atoms with van der Waals surface area (Å²) in [6.07, 6.45) is 0.440. The summed E-state index contributed by atoms with van der Waals surface area (Å²) in [5.74, 6) is 0.104. The fourth-order valence-corrected chi connectivity index (χ4v) is 3.77. The van der Waals surface area contributed by atoms with Crippen LogP contribution in [0, 0.1) is 13.8 Å². The second-order valence-corrected chi connectivity index (χ2v) is 8.61. The van der Waals surface area contributed by atoms with Crippen LogP contribution in [0.4, 0.5) is 0 Å². The van der Waals surface area contributed by atoms with Crippen LogP contribution in [0.25, 0.3) is 0 Å². The first-order valence-electron chi connectivity index (χ1n) is 10.4. The summed E-state index contributed by atoms with van der Waals surface area (Å²) in [7, 11) is 0. The van der Waals surface area contributed by atoms with Crippen molar-refractivity contribution in [2.45, 2.75) is 59.7 Å². The first-order chi connectivity index (χ1) is 14.6. The molecule has 2 aromatic rings. The van der Waals surface area contributed by atoms with E-state index >= 15 is 0 Å². The Morgan fingerprint density at radius 2 is 1.68 bits per heavy atom. The average Bonchev–Trinajstić information content (AvgIpc) is 2.70. The summed E-state index contributed by atoms with van der Waals surface area (Å²) in [5, 5.41) is 3.78. The van der Waals surface area contributed by atoms with Crippen LogP contribution in [-0.2, 0) is 16.1 Å². The lowest BCUT2D eigenvalue weighted by Crippen LogP contribution is -2.51. The number of carbonyl (C=O) groups excluding carboxylic acids is 2. The highest BCUT2D eigenvalue weighted by Crippen LogP contribution is 2.27. The van der Waals surface area contributed by atoms with Crippen LogP contribution in [0.1, 0.15) is 43.9 Å². The Hall–Kier alpha value is -2.24. The number of nitrogens with zero attached hydrogens (tertiary/aromatic N) is 1. The largest absolute Gasteiger partial charge is 0.483 e. The molecule has 0 saturated heterocycles. The Bertz CT molecular complexity index is 911. The number of hydrogen-bond acceptors (Lipinski definition) is 3. The van der Waals surface area contributed by atoms with E-state index in [4.69, 9.17) is 27.9 Å². The number of aryl methyl sites for hydroxylation is 1. The Balaban J connectivity index is 2.32. The van der Waals surface area contributed by atoms with Crippen LogP contribution in [-0.4, -0.2) is 35.4 Å². The van der Waals surface area contributed by atoms with Crippen molar-refractivity contribution in [1.29, 1.82) is 0 Å². The molecule has 1 N–H and O–H groups in total. The highest BCUT2D eigenvalue weighted by molar-refractivity contribution is 6.36. The molecular weight excluding hydrogens is 435 g/mol. The summed E-state index contributed by atoms with van der Waals surface area (Å²) >= 11 is 12.7. The van der Waals surface area contributed by atoms with Gasteiger partial charge in [-0.3, -0.25) is 9.59 Å². The van der Waals surface area contributed by atoms with Crippen molar-refractivity contribution in [2.75, 3.05) is 6.61 Å². The summed E-state index contributed by atoms with van der Waals surface area (Å²) in [5.41, 5.74) is 2.65. The van der Waals surface area contributed by atoms with Crippen molar-refractivity contribution in [3.8, 4) is 5.75 Å². The molecule has 0 bridgehead atoms. The van der Waals surface area contributed by atoms with Gasteiger partial charge in [-0.15, -0.1) is 0 Å². The number of nitrogens with one attached hydrogen (secondary N) is 1. The van der Waals surface area contributed by atoms with Crippen LogP contribution in [0.5, 0.6) is 5.75 Å². The maximum absolute atomic E-state index is 13.3. The lowest BCUT2D eigenvalue weighted by molar-refractivity contribution is -0.143. The Kier molecular flexibility index (Phi) is 9.20. The number of halogens is 2. The third-order valence-electron chi connectivity index (χ3n) is 5.11. The van der Waals surface area contributed by atoms with Gasteiger partial charge in [0.2, 0.25) is 5.91 Å². The van der Waals surface area contributed by atoms with Gasteiger partial charge in [-0.05, 0) is 63.4 Å². The van der Waals surface area contributed by atoms with E-state index in [2.05, 4.69) is 5.32 Å². The molecular formula is C24H30Cl2N2O3. The Morgan fingerprint density at radius 1 is 1.06 bits per heavy atom. The maximum Gasteiger partial charge on any atom is 0.261 e. The van der Waals surface area contributed by atoms with E-state index in [9.17, 15) is 9.59 Å². The topological polar surface area (TPSA) is 58.6 Å². The number of ether oxygens (including phenoxy) is 1. The molecule has 31 heavy (non-hydrogen) atoms.